The molecule has 0 spiro atoms. The van der Waals surface area contributed by atoms with Gasteiger partial charge in [-0.1, -0.05) is 5.16 Å². The van der Waals surface area contributed by atoms with Crippen LogP contribution in [-0.2, 0) is 10.0 Å². The molecule has 1 heterocycles. The molecule has 7 heteroatoms. The summed E-state index contributed by atoms with van der Waals surface area (Å²) < 4.78 is 30.8. The first-order valence-corrected chi connectivity index (χ1v) is 6.67. The summed E-state index contributed by atoms with van der Waals surface area (Å²) >= 11 is 0. The fourth-order valence-corrected chi connectivity index (χ4v) is 2.54. The topological polar surface area (TPSA) is 96.0 Å². The Kier molecular flexibility index (Phi) is 3.91. The summed E-state index contributed by atoms with van der Waals surface area (Å²) in [6, 6.07) is 1.23. The van der Waals surface area contributed by atoms with Crippen molar-refractivity contribution in [3.63, 3.8) is 0 Å². The third-order valence-electron chi connectivity index (χ3n) is 2.51. The number of hydrogen-bond acceptors (Lipinski definition) is 5. The first kappa shape index (κ1) is 13.7. The van der Waals surface area contributed by atoms with E-state index in [9.17, 15) is 8.42 Å². The van der Waals surface area contributed by atoms with Gasteiger partial charge in [-0.05, 0) is 27.7 Å². The molecule has 0 fully saturated rings. The lowest BCUT2D eigenvalue weighted by molar-refractivity contribution is 0.391. The average molecular weight is 257 g/mol. The number of aromatic nitrogens is 1. The Morgan fingerprint density at radius 1 is 1.41 bits per heavy atom. The highest BCUT2D eigenvalue weighted by Crippen LogP contribution is 2.22. The Hall–Kier alpha value is -1.39. The molecular formula is C10H15N3O3S. The van der Waals surface area contributed by atoms with Crippen LogP contribution in [0.2, 0.25) is 0 Å². The van der Waals surface area contributed by atoms with Crippen molar-refractivity contribution in [3.05, 3.63) is 17.0 Å². The standard InChI is InChI=1S/C10H15N3O3S/c1-6(5-11)17(14,15)13-8(3)10-7(2)12-16-9(10)4/h6,8,13H,1-4H3. The molecule has 1 aromatic rings. The molecule has 2 unspecified atom stereocenters. The smallest absolute Gasteiger partial charge is 0.228 e. The Morgan fingerprint density at radius 3 is 2.41 bits per heavy atom. The van der Waals surface area contributed by atoms with Crippen molar-refractivity contribution in [1.82, 2.24) is 9.88 Å². The van der Waals surface area contributed by atoms with Crippen LogP contribution in [0.3, 0.4) is 0 Å². The van der Waals surface area contributed by atoms with E-state index in [1.54, 1.807) is 26.8 Å². The number of nitrogens with one attached hydrogen (secondary N) is 1. The fraction of sp³-hybridized carbons (Fsp3) is 0.600. The second-order valence-corrected chi connectivity index (χ2v) is 5.93. The SMILES string of the molecule is Cc1noc(C)c1C(C)NS(=O)(=O)C(C)C#N. The minimum atomic E-state index is -3.65. The predicted molar refractivity (Wildman–Crippen MR) is 61.5 cm³/mol. The van der Waals surface area contributed by atoms with Gasteiger partial charge < -0.3 is 4.52 Å². The molecule has 0 aliphatic carbocycles. The summed E-state index contributed by atoms with van der Waals surface area (Å²) in [7, 11) is -3.65. The zero-order valence-electron chi connectivity index (χ0n) is 10.2. The van der Waals surface area contributed by atoms with Gasteiger partial charge in [-0.3, -0.25) is 0 Å². The molecular weight excluding hydrogens is 242 g/mol. The van der Waals surface area contributed by atoms with E-state index in [1.165, 1.54) is 6.92 Å². The second kappa shape index (κ2) is 4.85. The van der Waals surface area contributed by atoms with Crippen LogP contribution in [0.1, 0.15) is 36.9 Å². The molecule has 17 heavy (non-hydrogen) atoms. The van der Waals surface area contributed by atoms with Crippen LogP contribution in [0.5, 0.6) is 0 Å². The lowest BCUT2D eigenvalue weighted by atomic mass is 10.1. The van der Waals surface area contributed by atoms with Crippen LogP contribution in [0, 0.1) is 25.2 Å². The maximum absolute atomic E-state index is 11.7. The monoisotopic (exact) mass is 257 g/mol. The van der Waals surface area contributed by atoms with Gasteiger partial charge in [-0.2, -0.15) is 5.26 Å². The van der Waals surface area contributed by atoms with Gasteiger partial charge in [0.2, 0.25) is 10.0 Å². The zero-order chi connectivity index (χ0) is 13.2. The van der Waals surface area contributed by atoms with E-state index in [0.29, 0.717) is 17.0 Å². The summed E-state index contributed by atoms with van der Waals surface area (Å²) in [5, 5.41) is 11.3. The summed E-state index contributed by atoms with van der Waals surface area (Å²) in [5.41, 5.74) is 1.35. The molecule has 0 radical (unpaired) electrons. The highest BCUT2D eigenvalue weighted by Gasteiger charge is 2.25. The summed E-state index contributed by atoms with van der Waals surface area (Å²) in [5.74, 6) is 0.572. The summed E-state index contributed by atoms with van der Waals surface area (Å²) in [4.78, 5) is 0. The van der Waals surface area contributed by atoms with Crippen molar-refractivity contribution in [2.45, 2.75) is 39.0 Å². The molecule has 1 rings (SSSR count). The summed E-state index contributed by atoms with van der Waals surface area (Å²) in [6.07, 6.45) is 0. The van der Waals surface area contributed by atoms with Crippen LogP contribution in [0.15, 0.2) is 4.52 Å². The van der Waals surface area contributed by atoms with Gasteiger partial charge in [-0.25, -0.2) is 13.1 Å². The van der Waals surface area contributed by atoms with Crippen LogP contribution in [0.25, 0.3) is 0 Å². The number of nitrogens with zero attached hydrogens (tertiary/aromatic N) is 2. The first-order chi connectivity index (χ1) is 7.79. The van der Waals surface area contributed by atoms with Crippen molar-refractivity contribution in [2.75, 3.05) is 0 Å². The molecule has 6 nitrogen and oxygen atoms in total. The zero-order valence-corrected chi connectivity index (χ0v) is 11.0. The third kappa shape index (κ3) is 2.84. The number of sulfonamides is 1. The van der Waals surface area contributed by atoms with E-state index in [4.69, 9.17) is 9.78 Å². The van der Waals surface area contributed by atoms with E-state index < -0.39 is 21.3 Å². The van der Waals surface area contributed by atoms with Crippen LogP contribution >= 0.6 is 0 Å². The van der Waals surface area contributed by atoms with Crippen LogP contribution < -0.4 is 4.72 Å². The van der Waals surface area contributed by atoms with Crippen molar-refractivity contribution in [3.8, 4) is 6.07 Å². The number of aryl methyl sites for hydroxylation is 2. The molecule has 0 amide bonds. The first-order valence-electron chi connectivity index (χ1n) is 5.13. The largest absolute Gasteiger partial charge is 0.361 e. The van der Waals surface area contributed by atoms with Crippen LogP contribution in [0.4, 0.5) is 0 Å². The lowest BCUT2D eigenvalue weighted by Crippen LogP contribution is -2.34. The van der Waals surface area contributed by atoms with Gasteiger partial charge in [0.1, 0.15) is 5.76 Å². The van der Waals surface area contributed by atoms with E-state index >= 15 is 0 Å². The van der Waals surface area contributed by atoms with Crippen molar-refractivity contribution >= 4 is 10.0 Å². The number of nitriles is 1. The predicted octanol–water partition coefficient (Wildman–Crippen LogP) is 1.18. The third-order valence-corrected chi connectivity index (χ3v) is 4.23. The van der Waals surface area contributed by atoms with Gasteiger partial charge in [-0.15, -0.1) is 0 Å². The van der Waals surface area contributed by atoms with Gasteiger partial charge >= 0.3 is 0 Å². The highest BCUT2D eigenvalue weighted by atomic mass is 32.2. The van der Waals surface area contributed by atoms with Crippen molar-refractivity contribution in [2.24, 2.45) is 0 Å². The molecule has 0 aromatic carbocycles. The average Bonchev–Trinajstić information content (AvgIpc) is 2.56. The minimum Gasteiger partial charge on any atom is -0.361 e. The molecule has 0 aliphatic rings. The molecule has 0 bridgehead atoms. The van der Waals surface area contributed by atoms with Gasteiger partial charge in [0.25, 0.3) is 0 Å². The molecule has 1 aromatic heterocycles. The van der Waals surface area contributed by atoms with E-state index in [1.807, 2.05) is 0 Å². The van der Waals surface area contributed by atoms with Crippen LogP contribution in [-0.4, -0.2) is 18.8 Å². The maximum Gasteiger partial charge on any atom is 0.228 e. The Labute approximate surface area is 101 Å². The van der Waals surface area contributed by atoms with Crippen molar-refractivity contribution < 1.29 is 12.9 Å². The Bertz CT molecular complexity index is 522. The normalized spacial score (nSPS) is 15.2. The van der Waals surface area contributed by atoms with Gasteiger partial charge in [0.15, 0.2) is 5.25 Å². The molecule has 2 atom stereocenters. The maximum atomic E-state index is 11.7. The minimum absolute atomic E-state index is 0.470. The van der Waals surface area contributed by atoms with Gasteiger partial charge in [0.05, 0.1) is 11.8 Å². The fourth-order valence-electron chi connectivity index (χ4n) is 1.59. The number of rotatable bonds is 4. The molecule has 1 N–H and O–H groups in total. The highest BCUT2D eigenvalue weighted by molar-refractivity contribution is 7.90. The van der Waals surface area contributed by atoms with E-state index in [-0.39, 0.29) is 0 Å². The number of hydrogen-bond donors (Lipinski definition) is 1. The lowest BCUT2D eigenvalue weighted by Gasteiger charge is -2.14. The van der Waals surface area contributed by atoms with Gasteiger partial charge in [0, 0.05) is 11.6 Å². The molecule has 94 valence electrons. The van der Waals surface area contributed by atoms with E-state index in [0.717, 1.165) is 0 Å². The van der Waals surface area contributed by atoms with Crippen molar-refractivity contribution in [1.29, 1.82) is 5.26 Å². The molecule has 0 aliphatic heterocycles. The summed E-state index contributed by atoms with van der Waals surface area (Å²) in [6.45, 7) is 6.48. The van der Waals surface area contributed by atoms with E-state index in [2.05, 4.69) is 9.88 Å². The second-order valence-electron chi connectivity index (χ2n) is 3.89. The Morgan fingerprint density at radius 2 is 2.00 bits per heavy atom. The molecule has 0 saturated carbocycles. The quantitative estimate of drug-likeness (QED) is 0.873. The Balaban J connectivity index is 2.96. The molecule has 0 saturated heterocycles.